The van der Waals surface area contributed by atoms with Crippen molar-refractivity contribution < 1.29 is 9.53 Å². The van der Waals surface area contributed by atoms with Gasteiger partial charge in [-0.15, -0.1) is 0 Å². The number of carbonyl (C=O) groups is 1. The Morgan fingerprint density at radius 3 is 2.00 bits per heavy atom. The van der Waals surface area contributed by atoms with Crippen LogP contribution in [0, 0.1) is 11.8 Å². The van der Waals surface area contributed by atoms with Crippen molar-refractivity contribution in [3.05, 3.63) is 0 Å². The third kappa shape index (κ3) is 6.89. The van der Waals surface area contributed by atoms with Gasteiger partial charge in [0.15, 0.2) is 0 Å². The average molecular weight is 203 g/mol. The predicted molar refractivity (Wildman–Crippen MR) is 60.0 cm³/mol. The molecule has 14 heavy (non-hydrogen) atoms. The number of rotatable bonds is 3. The Morgan fingerprint density at radius 1 is 1.36 bits per heavy atom. The highest BCUT2D eigenvalue weighted by molar-refractivity contribution is 5.76. The summed E-state index contributed by atoms with van der Waals surface area (Å²) in [4.78, 5) is 10.6. The van der Waals surface area contributed by atoms with Crippen LogP contribution in [-0.2, 0) is 9.53 Å². The molecule has 1 atom stereocenters. The number of nitrogens with two attached hydrogens (primary N) is 1. The first-order valence-electron chi connectivity index (χ1n) is 5.57. The number of ether oxygens (including phenoxy) is 1. The van der Waals surface area contributed by atoms with Crippen LogP contribution >= 0.6 is 0 Å². The number of hydrogen-bond donors (Lipinski definition) is 1. The fraction of sp³-hybridized carbons (Fsp3) is 0.909. The van der Waals surface area contributed by atoms with Crippen LogP contribution in [0.2, 0.25) is 0 Å². The largest absolute Gasteiger partial charge is 0.381 e. The maximum Gasteiger partial charge on any atom is 0.220 e. The van der Waals surface area contributed by atoms with Gasteiger partial charge in [-0.3, -0.25) is 4.79 Å². The van der Waals surface area contributed by atoms with Gasteiger partial charge in [0.2, 0.25) is 5.91 Å². The van der Waals surface area contributed by atoms with Gasteiger partial charge >= 0.3 is 0 Å². The lowest BCUT2D eigenvalue weighted by atomic mass is 9.94. The first-order valence-corrected chi connectivity index (χ1v) is 5.57. The molecule has 1 unspecified atom stereocenters. The minimum absolute atomic E-state index is 0.00824. The van der Waals surface area contributed by atoms with Crippen LogP contribution in [0.4, 0.5) is 0 Å². The summed E-state index contributed by atoms with van der Waals surface area (Å²) in [5.41, 5.74) is 5.08. The van der Waals surface area contributed by atoms with Crippen LogP contribution in [0.1, 0.15) is 41.0 Å². The minimum atomic E-state index is -0.202. The molecule has 86 valence electrons. The molecule has 2 N–H and O–H groups in total. The van der Waals surface area contributed by atoms with E-state index >= 15 is 0 Å². The molecule has 1 fully saturated rings. The summed E-state index contributed by atoms with van der Waals surface area (Å²) in [5.74, 6) is 0.378. The van der Waals surface area contributed by atoms with Gasteiger partial charge in [-0.1, -0.05) is 34.6 Å². The summed E-state index contributed by atoms with van der Waals surface area (Å²) in [5, 5.41) is 0. The fourth-order valence-electron chi connectivity index (χ4n) is 1.04. The van der Waals surface area contributed by atoms with Gasteiger partial charge in [0.05, 0.1) is 13.2 Å². The molecule has 0 aromatic heterocycles. The highest BCUT2D eigenvalue weighted by Crippen LogP contribution is 2.19. The molecule has 1 rings (SSSR count). The minimum Gasteiger partial charge on any atom is -0.381 e. The molecule has 1 amide bonds. The summed E-state index contributed by atoms with van der Waals surface area (Å²) < 4.78 is 4.96. The summed E-state index contributed by atoms with van der Waals surface area (Å²) in [7, 11) is 0. The lowest BCUT2D eigenvalue weighted by Gasteiger charge is -2.27. The molecule has 1 aliphatic heterocycles. The van der Waals surface area contributed by atoms with Crippen molar-refractivity contribution in [1.29, 1.82) is 0 Å². The molecule has 0 saturated carbocycles. The summed E-state index contributed by atoms with van der Waals surface area (Å²) in [6, 6.07) is 0. The van der Waals surface area contributed by atoms with E-state index in [2.05, 4.69) is 0 Å². The zero-order valence-corrected chi connectivity index (χ0v) is 10.2. The Hall–Kier alpha value is -0.570. The Kier molecular flexibility index (Phi) is 11.9. The van der Waals surface area contributed by atoms with E-state index in [0.29, 0.717) is 5.92 Å². The fourth-order valence-corrected chi connectivity index (χ4v) is 1.04. The number of hydrogen-bond acceptors (Lipinski definition) is 2. The van der Waals surface area contributed by atoms with Gasteiger partial charge < -0.3 is 10.5 Å². The average Bonchev–Trinajstić information content (AvgIpc) is 2.17. The second kappa shape index (κ2) is 10.5. The number of primary amides is 1. The number of amides is 1. The first-order chi connectivity index (χ1) is 6.70. The van der Waals surface area contributed by atoms with Crippen molar-refractivity contribution in [2.24, 2.45) is 17.6 Å². The first kappa shape index (κ1) is 15.9. The van der Waals surface area contributed by atoms with E-state index in [0.717, 1.165) is 19.6 Å². The van der Waals surface area contributed by atoms with Crippen LogP contribution < -0.4 is 5.73 Å². The molecule has 1 heterocycles. The molecule has 3 heteroatoms. The summed E-state index contributed by atoms with van der Waals surface area (Å²) in [6.07, 6.45) is 0.884. The van der Waals surface area contributed by atoms with E-state index < -0.39 is 0 Å². The monoisotopic (exact) mass is 203 g/mol. The second-order valence-electron chi connectivity index (χ2n) is 2.94. The molecule has 0 radical (unpaired) electrons. The van der Waals surface area contributed by atoms with Gasteiger partial charge in [0, 0.05) is 11.8 Å². The molecular formula is C11H25NO2. The van der Waals surface area contributed by atoms with Crippen molar-refractivity contribution in [2.75, 3.05) is 13.2 Å². The van der Waals surface area contributed by atoms with Crippen LogP contribution in [0.3, 0.4) is 0 Å². The summed E-state index contributed by atoms with van der Waals surface area (Å²) >= 11 is 0. The predicted octanol–water partition coefficient (Wildman–Crippen LogP) is 2.20. The van der Waals surface area contributed by atoms with Crippen molar-refractivity contribution in [3.8, 4) is 0 Å². The lowest BCUT2D eigenvalue weighted by molar-refractivity contribution is -0.123. The topological polar surface area (TPSA) is 52.3 Å². The summed E-state index contributed by atoms with van der Waals surface area (Å²) in [6.45, 7) is 11.5. The van der Waals surface area contributed by atoms with Crippen LogP contribution in [0.25, 0.3) is 0 Å². The van der Waals surface area contributed by atoms with Gasteiger partial charge in [-0.05, 0) is 6.42 Å². The maximum atomic E-state index is 10.6. The lowest BCUT2D eigenvalue weighted by Crippen LogP contribution is -2.32. The quantitative estimate of drug-likeness (QED) is 0.764. The van der Waals surface area contributed by atoms with Crippen LogP contribution in [0.15, 0.2) is 0 Å². The Bertz CT molecular complexity index is 133. The third-order valence-electron chi connectivity index (χ3n) is 1.88. The van der Waals surface area contributed by atoms with Crippen molar-refractivity contribution >= 4 is 5.91 Å². The van der Waals surface area contributed by atoms with Crippen molar-refractivity contribution in [1.82, 2.24) is 0 Å². The van der Waals surface area contributed by atoms with E-state index in [4.69, 9.17) is 10.5 Å². The molecule has 1 saturated heterocycles. The SMILES string of the molecule is CC.CC.CC(CC1COC1)C(N)=O. The molecule has 3 nitrogen and oxygen atoms in total. The number of carbonyl (C=O) groups excluding carboxylic acids is 1. The zero-order valence-electron chi connectivity index (χ0n) is 10.2. The van der Waals surface area contributed by atoms with E-state index in [1.165, 1.54) is 0 Å². The van der Waals surface area contributed by atoms with E-state index in [1.807, 2.05) is 34.6 Å². The molecule has 0 aromatic carbocycles. The Balaban J connectivity index is 0. The Morgan fingerprint density at radius 2 is 1.79 bits per heavy atom. The molecule has 0 spiro atoms. The highest BCUT2D eigenvalue weighted by Gasteiger charge is 2.22. The van der Waals surface area contributed by atoms with Gasteiger partial charge in [0.25, 0.3) is 0 Å². The van der Waals surface area contributed by atoms with Crippen LogP contribution in [0.5, 0.6) is 0 Å². The Labute approximate surface area is 88.0 Å². The molecular weight excluding hydrogens is 178 g/mol. The third-order valence-corrected chi connectivity index (χ3v) is 1.88. The van der Waals surface area contributed by atoms with Crippen LogP contribution in [-0.4, -0.2) is 19.1 Å². The normalized spacial score (nSPS) is 16.4. The maximum absolute atomic E-state index is 10.6. The standard InChI is InChI=1S/C7H13NO2.2C2H6/c1-5(7(8)9)2-6-3-10-4-6;2*1-2/h5-6H,2-4H2,1H3,(H2,8,9);2*1-2H3. The smallest absolute Gasteiger partial charge is 0.220 e. The van der Waals surface area contributed by atoms with Crippen molar-refractivity contribution in [2.45, 2.75) is 41.0 Å². The molecule has 0 bridgehead atoms. The van der Waals surface area contributed by atoms with E-state index in [1.54, 1.807) is 0 Å². The molecule has 0 aromatic rings. The van der Waals surface area contributed by atoms with Crippen molar-refractivity contribution in [3.63, 3.8) is 0 Å². The molecule has 1 aliphatic rings. The zero-order chi connectivity index (χ0) is 11.6. The van der Waals surface area contributed by atoms with Gasteiger partial charge in [0.1, 0.15) is 0 Å². The highest BCUT2D eigenvalue weighted by atomic mass is 16.5. The molecule has 0 aliphatic carbocycles. The van der Waals surface area contributed by atoms with E-state index in [-0.39, 0.29) is 11.8 Å². The van der Waals surface area contributed by atoms with Gasteiger partial charge in [-0.25, -0.2) is 0 Å². The second-order valence-corrected chi connectivity index (χ2v) is 2.94. The van der Waals surface area contributed by atoms with Gasteiger partial charge in [-0.2, -0.15) is 0 Å². The van der Waals surface area contributed by atoms with E-state index in [9.17, 15) is 4.79 Å².